The number of ether oxygens (including phenoxy) is 4. The van der Waals surface area contributed by atoms with Crippen molar-refractivity contribution in [2.75, 3.05) is 18.5 Å². The lowest BCUT2D eigenvalue weighted by Gasteiger charge is -2.27. The van der Waals surface area contributed by atoms with Crippen molar-refractivity contribution >= 4 is 28.3 Å². The van der Waals surface area contributed by atoms with Crippen LogP contribution in [0.1, 0.15) is 49.1 Å². The van der Waals surface area contributed by atoms with Gasteiger partial charge in [-0.2, -0.15) is 0 Å². The molecule has 1 aliphatic carbocycles. The van der Waals surface area contributed by atoms with E-state index in [0.717, 1.165) is 16.8 Å². The van der Waals surface area contributed by atoms with Crippen molar-refractivity contribution in [1.29, 1.82) is 0 Å². The van der Waals surface area contributed by atoms with E-state index in [1.807, 2.05) is 80.6 Å². The Morgan fingerprint density at radius 1 is 0.843 bits per heavy atom. The van der Waals surface area contributed by atoms with E-state index in [2.05, 4.69) is 14.8 Å². The van der Waals surface area contributed by atoms with Crippen molar-refractivity contribution in [2.24, 2.45) is 0 Å². The standard InChI is InChI=1S/C40H37F3N2O6/c1-38(2,25-49-23-27-11-7-4-8-12-27)36-18-28-17-32(31(41)20-33(28)45(36)21-30(46)24-48-22-26-9-5-3-6-10-26)44-37(47)39(15-16-39)29-13-14-34-35(19-29)51-40(42,43)50-34/h3-14,17-20H,15-16,21-25H2,1-2H3,(H,44,47). The van der Waals surface area contributed by atoms with E-state index in [0.29, 0.717) is 42.5 Å². The molecular formula is C40H37F3N2O6. The molecule has 1 fully saturated rings. The molecule has 0 saturated heterocycles. The zero-order valence-corrected chi connectivity index (χ0v) is 28.2. The molecule has 7 rings (SSSR count). The van der Waals surface area contributed by atoms with Crippen LogP contribution in [0.2, 0.25) is 0 Å². The zero-order chi connectivity index (χ0) is 35.8. The molecule has 0 spiro atoms. The van der Waals surface area contributed by atoms with E-state index in [-0.39, 0.29) is 42.7 Å². The minimum absolute atomic E-state index is 0.0367. The molecule has 1 N–H and O–H groups in total. The molecule has 2 heterocycles. The van der Waals surface area contributed by atoms with Crippen molar-refractivity contribution in [3.8, 4) is 11.5 Å². The van der Waals surface area contributed by atoms with Crippen molar-refractivity contribution in [1.82, 2.24) is 4.57 Å². The van der Waals surface area contributed by atoms with E-state index in [9.17, 15) is 18.4 Å². The summed E-state index contributed by atoms with van der Waals surface area (Å²) in [7, 11) is 0. The number of benzene rings is 4. The van der Waals surface area contributed by atoms with Gasteiger partial charge in [0.25, 0.3) is 0 Å². The summed E-state index contributed by atoms with van der Waals surface area (Å²) in [6.45, 7) is 4.79. The fraction of sp³-hybridized carbons (Fsp3) is 0.300. The summed E-state index contributed by atoms with van der Waals surface area (Å²) in [5, 5.41) is 3.35. The first kappa shape index (κ1) is 34.3. The van der Waals surface area contributed by atoms with Crippen LogP contribution < -0.4 is 14.8 Å². The van der Waals surface area contributed by atoms with Crippen LogP contribution in [0.4, 0.5) is 18.9 Å². The third-order valence-corrected chi connectivity index (χ3v) is 9.35. The highest BCUT2D eigenvalue weighted by Crippen LogP contribution is 2.52. The number of nitrogens with one attached hydrogen (secondary N) is 1. The molecule has 0 atom stereocenters. The number of anilines is 1. The van der Waals surface area contributed by atoms with Crippen LogP contribution in [0, 0.1) is 5.82 Å². The molecule has 51 heavy (non-hydrogen) atoms. The second-order valence-corrected chi connectivity index (χ2v) is 13.8. The Bertz CT molecular complexity index is 2080. The molecule has 11 heteroatoms. The number of ketones is 1. The molecule has 0 radical (unpaired) electrons. The van der Waals surface area contributed by atoms with Crippen LogP contribution in [0.5, 0.6) is 11.5 Å². The highest BCUT2D eigenvalue weighted by Gasteiger charge is 2.53. The highest BCUT2D eigenvalue weighted by molar-refractivity contribution is 6.03. The van der Waals surface area contributed by atoms with Crippen molar-refractivity contribution in [3.63, 3.8) is 0 Å². The van der Waals surface area contributed by atoms with Crippen molar-refractivity contribution in [3.05, 3.63) is 125 Å². The Balaban J connectivity index is 1.13. The third-order valence-electron chi connectivity index (χ3n) is 9.35. The molecule has 1 aliphatic heterocycles. The van der Waals surface area contributed by atoms with Gasteiger partial charge in [-0.15, -0.1) is 8.78 Å². The maximum absolute atomic E-state index is 15.9. The largest absolute Gasteiger partial charge is 0.586 e. The predicted molar refractivity (Wildman–Crippen MR) is 184 cm³/mol. The maximum atomic E-state index is 15.9. The fourth-order valence-electron chi connectivity index (χ4n) is 6.52. The summed E-state index contributed by atoms with van der Waals surface area (Å²) in [5.41, 5.74) is 2.00. The lowest BCUT2D eigenvalue weighted by Crippen LogP contribution is -2.29. The number of alkyl halides is 2. The van der Waals surface area contributed by atoms with E-state index >= 15 is 4.39 Å². The van der Waals surface area contributed by atoms with Gasteiger partial charge < -0.3 is 28.8 Å². The van der Waals surface area contributed by atoms with Gasteiger partial charge in [0.15, 0.2) is 17.3 Å². The van der Waals surface area contributed by atoms with Crippen molar-refractivity contribution < 1.29 is 41.7 Å². The van der Waals surface area contributed by atoms with Gasteiger partial charge in [0.2, 0.25) is 5.91 Å². The van der Waals surface area contributed by atoms with Crippen LogP contribution in [0.15, 0.2) is 97.1 Å². The molecule has 0 unspecified atom stereocenters. The van der Waals surface area contributed by atoms with E-state index in [1.54, 1.807) is 16.7 Å². The molecule has 1 aromatic heterocycles. The average molecular weight is 699 g/mol. The number of rotatable bonds is 14. The molecule has 1 amide bonds. The van der Waals surface area contributed by atoms with Gasteiger partial charge in [-0.05, 0) is 53.8 Å². The van der Waals surface area contributed by atoms with E-state index in [1.165, 1.54) is 18.2 Å². The summed E-state index contributed by atoms with van der Waals surface area (Å²) in [6, 6.07) is 28.3. The Hall–Kier alpha value is -5.13. The normalized spacial score (nSPS) is 15.5. The quantitative estimate of drug-likeness (QED) is 0.126. The lowest BCUT2D eigenvalue weighted by molar-refractivity contribution is -0.286. The van der Waals surface area contributed by atoms with Gasteiger partial charge in [-0.25, -0.2) is 4.39 Å². The Morgan fingerprint density at radius 3 is 2.16 bits per heavy atom. The summed E-state index contributed by atoms with van der Waals surface area (Å²) in [4.78, 5) is 26.9. The molecule has 5 aromatic rings. The summed E-state index contributed by atoms with van der Waals surface area (Å²) >= 11 is 0. The molecule has 8 nitrogen and oxygen atoms in total. The SMILES string of the molecule is CC(C)(COCc1ccccc1)c1cc2cc(NC(=O)C3(c4ccc5c(c4)OC(F)(F)O5)CC3)c(F)cc2n1CC(=O)COCc1ccccc1. The number of aromatic nitrogens is 1. The lowest BCUT2D eigenvalue weighted by atomic mass is 9.90. The second-order valence-electron chi connectivity index (χ2n) is 13.8. The number of carbonyl (C=O) groups is 2. The Labute approximate surface area is 293 Å². The van der Waals surface area contributed by atoms with E-state index in [4.69, 9.17) is 9.47 Å². The molecule has 1 saturated carbocycles. The number of carbonyl (C=O) groups excluding carboxylic acids is 2. The van der Waals surface area contributed by atoms with Crippen LogP contribution >= 0.6 is 0 Å². The summed E-state index contributed by atoms with van der Waals surface area (Å²) < 4.78 is 65.8. The molecule has 0 bridgehead atoms. The molecule has 264 valence electrons. The molecular weight excluding hydrogens is 661 g/mol. The van der Waals surface area contributed by atoms with Crippen LogP contribution in [-0.2, 0) is 49.7 Å². The number of nitrogens with zero attached hydrogens (tertiary/aromatic N) is 1. The Morgan fingerprint density at radius 2 is 1.49 bits per heavy atom. The Kier molecular flexibility index (Phi) is 9.11. The van der Waals surface area contributed by atoms with Gasteiger partial charge in [-0.3, -0.25) is 9.59 Å². The predicted octanol–water partition coefficient (Wildman–Crippen LogP) is 8.05. The summed E-state index contributed by atoms with van der Waals surface area (Å²) in [6.07, 6.45) is -2.88. The monoisotopic (exact) mass is 698 g/mol. The topological polar surface area (TPSA) is 88.0 Å². The van der Waals surface area contributed by atoms with Gasteiger partial charge in [-0.1, -0.05) is 80.6 Å². The van der Waals surface area contributed by atoms with Crippen LogP contribution in [0.3, 0.4) is 0 Å². The fourth-order valence-corrected chi connectivity index (χ4v) is 6.52. The first-order valence-corrected chi connectivity index (χ1v) is 16.7. The van der Waals surface area contributed by atoms with Gasteiger partial charge in [0, 0.05) is 22.6 Å². The molecule has 2 aliphatic rings. The minimum Gasteiger partial charge on any atom is -0.395 e. The molecule has 4 aromatic carbocycles. The number of Topliss-reactive ketones (excluding diaryl/α,β-unsaturated/α-hetero) is 1. The number of amides is 1. The summed E-state index contributed by atoms with van der Waals surface area (Å²) in [5.74, 6) is -1.62. The highest BCUT2D eigenvalue weighted by atomic mass is 19.3. The first-order chi connectivity index (χ1) is 24.4. The first-order valence-electron chi connectivity index (χ1n) is 16.7. The van der Waals surface area contributed by atoms with E-state index < -0.39 is 28.8 Å². The zero-order valence-electron chi connectivity index (χ0n) is 28.2. The van der Waals surface area contributed by atoms with Gasteiger partial charge in [0.1, 0.15) is 12.4 Å². The van der Waals surface area contributed by atoms with Gasteiger partial charge >= 0.3 is 6.29 Å². The number of hydrogen-bond acceptors (Lipinski definition) is 6. The second kappa shape index (κ2) is 13.5. The smallest absolute Gasteiger partial charge is 0.395 e. The number of halogens is 3. The number of fused-ring (bicyclic) bond motifs is 2. The van der Waals surface area contributed by atoms with Crippen molar-refractivity contribution in [2.45, 2.75) is 63.6 Å². The third kappa shape index (κ3) is 7.36. The van der Waals surface area contributed by atoms with Crippen LogP contribution in [0.25, 0.3) is 10.9 Å². The van der Waals surface area contributed by atoms with Gasteiger partial charge in [0.05, 0.1) is 43.0 Å². The maximum Gasteiger partial charge on any atom is 0.586 e. The average Bonchev–Trinajstić information content (AvgIpc) is 3.75. The minimum atomic E-state index is -3.78. The number of hydrogen-bond donors (Lipinski definition) is 1. The van der Waals surface area contributed by atoms with Crippen LogP contribution in [-0.4, -0.2) is 35.8 Å².